The lowest BCUT2D eigenvalue weighted by Crippen LogP contribution is -2.28. The maximum absolute atomic E-state index is 12.2. The lowest BCUT2D eigenvalue weighted by molar-refractivity contribution is -0.125. The smallest absolute Gasteiger partial charge is 0.268 e. The van der Waals surface area contributed by atoms with Crippen LogP contribution in [-0.4, -0.2) is 32.4 Å². The van der Waals surface area contributed by atoms with E-state index in [1.807, 2.05) is 30.3 Å². The van der Waals surface area contributed by atoms with Gasteiger partial charge < -0.3 is 10.2 Å². The number of anilines is 1. The minimum Gasteiger partial charge on any atom is -0.382 e. The molecule has 0 fully saturated rings. The first-order chi connectivity index (χ1) is 11.4. The van der Waals surface area contributed by atoms with Crippen molar-refractivity contribution in [2.24, 2.45) is 5.16 Å². The maximum Gasteiger partial charge on any atom is 0.268 e. The zero-order valence-corrected chi connectivity index (χ0v) is 13.8. The second-order valence-corrected chi connectivity index (χ2v) is 7.50. The molecule has 3 rings (SSSR count). The van der Waals surface area contributed by atoms with Gasteiger partial charge in [-0.15, -0.1) is 0 Å². The summed E-state index contributed by atoms with van der Waals surface area (Å²) in [5, 5.41) is 6.68. The van der Waals surface area contributed by atoms with Gasteiger partial charge in [0.1, 0.15) is 0 Å². The minimum atomic E-state index is -3.26. The Morgan fingerprint density at radius 1 is 1.12 bits per heavy atom. The number of carbonyl (C=O) groups is 1. The molecule has 0 saturated carbocycles. The van der Waals surface area contributed by atoms with Gasteiger partial charge in [-0.3, -0.25) is 4.79 Å². The molecule has 0 spiro atoms. The number of hydrogen-bond donors (Lipinski definition) is 1. The van der Waals surface area contributed by atoms with E-state index < -0.39 is 15.9 Å². The molecule has 1 heterocycles. The number of sulfone groups is 1. The summed E-state index contributed by atoms with van der Waals surface area (Å²) >= 11 is 0. The summed E-state index contributed by atoms with van der Waals surface area (Å²) in [6.45, 7) is 0. The minimum absolute atomic E-state index is 0.201. The van der Waals surface area contributed by atoms with Gasteiger partial charge in [0.15, 0.2) is 9.84 Å². The topological polar surface area (TPSA) is 84.8 Å². The van der Waals surface area contributed by atoms with Crippen molar-refractivity contribution in [2.75, 3.05) is 11.6 Å². The van der Waals surface area contributed by atoms with Crippen molar-refractivity contribution >= 4 is 27.1 Å². The highest BCUT2D eigenvalue weighted by molar-refractivity contribution is 7.90. The van der Waals surface area contributed by atoms with Crippen molar-refractivity contribution in [3.8, 4) is 0 Å². The highest BCUT2D eigenvalue weighted by Gasteiger charge is 2.28. The van der Waals surface area contributed by atoms with Gasteiger partial charge in [0.05, 0.1) is 10.6 Å². The van der Waals surface area contributed by atoms with E-state index in [1.54, 1.807) is 12.1 Å². The van der Waals surface area contributed by atoms with Crippen molar-refractivity contribution in [1.82, 2.24) is 0 Å². The summed E-state index contributed by atoms with van der Waals surface area (Å²) in [7, 11) is -3.26. The summed E-state index contributed by atoms with van der Waals surface area (Å²) in [6, 6.07) is 15.5. The van der Waals surface area contributed by atoms with Gasteiger partial charge in [-0.1, -0.05) is 35.5 Å². The van der Waals surface area contributed by atoms with Crippen LogP contribution in [0.1, 0.15) is 12.0 Å². The molecule has 0 radical (unpaired) electrons. The van der Waals surface area contributed by atoms with Crippen molar-refractivity contribution in [3.63, 3.8) is 0 Å². The fraction of sp³-hybridized carbons (Fsp3) is 0.176. The second-order valence-electron chi connectivity index (χ2n) is 5.49. The van der Waals surface area contributed by atoms with Gasteiger partial charge in [0.2, 0.25) is 6.10 Å². The first-order valence-electron chi connectivity index (χ1n) is 7.32. The molecule has 0 saturated heterocycles. The predicted molar refractivity (Wildman–Crippen MR) is 90.7 cm³/mol. The number of nitrogens with zero attached hydrogens (tertiary/aromatic N) is 1. The Labute approximate surface area is 140 Å². The van der Waals surface area contributed by atoms with Crippen LogP contribution in [0, 0.1) is 0 Å². The van der Waals surface area contributed by atoms with E-state index in [4.69, 9.17) is 4.84 Å². The monoisotopic (exact) mass is 344 g/mol. The molecule has 1 amide bonds. The Kier molecular flexibility index (Phi) is 4.35. The first kappa shape index (κ1) is 16.2. The third-order valence-electron chi connectivity index (χ3n) is 3.62. The molecule has 7 heteroatoms. The van der Waals surface area contributed by atoms with E-state index in [9.17, 15) is 13.2 Å². The molecule has 6 nitrogen and oxygen atoms in total. The van der Waals surface area contributed by atoms with E-state index in [-0.39, 0.29) is 10.8 Å². The third-order valence-corrected chi connectivity index (χ3v) is 4.75. The van der Waals surface area contributed by atoms with Crippen LogP contribution in [-0.2, 0) is 19.5 Å². The molecule has 0 aliphatic carbocycles. The summed E-state index contributed by atoms with van der Waals surface area (Å²) in [5.74, 6) is -0.322. The normalized spacial score (nSPS) is 17.0. The van der Waals surface area contributed by atoms with Crippen LogP contribution in [0.15, 0.2) is 64.6 Å². The first-order valence-corrected chi connectivity index (χ1v) is 9.22. The van der Waals surface area contributed by atoms with Crippen LogP contribution < -0.4 is 5.32 Å². The number of benzene rings is 2. The van der Waals surface area contributed by atoms with Gasteiger partial charge in [0.25, 0.3) is 5.91 Å². The van der Waals surface area contributed by atoms with E-state index >= 15 is 0 Å². The Balaban J connectivity index is 1.63. The number of rotatable bonds is 4. The summed E-state index contributed by atoms with van der Waals surface area (Å²) in [5.41, 5.74) is 2.15. The van der Waals surface area contributed by atoms with Crippen LogP contribution in [0.3, 0.4) is 0 Å². The van der Waals surface area contributed by atoms with Gasteiger partial charge in [-0.25, -0.2) is 8.42 Å². The number of hydrogen-bond acceptors (Lipinski definition) is 5. The number of nitrogens with one attached hydrogen (secondary N) is 1. The standard InChI is InChI=1S/C17H16N2O4S/c1-24(21,22)14-9-7-13(8-10-14)18-17(20)16-11-15(19-23-16)12-5-3-2-4-6-12/h2-10,16H,11H2,1H3,(H,18,20)/t16-/m0/s1. The predicted octanol–water partition coefficient (Wildman–Crippen LogP) is 2.22. The van der Waals surface area contributed by atoms with Crippen molar-refractivity contribution in [1.29, 1.82) is 0 Å². The number of amides is 1. The fourth-order valence-corrected chi connectivity index (χ4v) is 2.96. The zero-order chi connectivity index (χ0) is 17.2. The molecule has 2 aromatic carbocycles. The van der Waals surface area contributed by atoms with E-state index in [1.165, 1.54) is 12.1 Å². The van der Waals surface area contributed by atoms with Gasteiger partial charge in [-0.2, -0.15) is 0 Å². The van der Waals surface area contributed by atoms with Crippen molar-refractivity contribution in [3.05, 3.63) is 60.2 Å². The summed E-state index contributed by atoms with van der Waals surface area (Å²) in [6.07, 6.45) is 0.821. The van der Waals surface area contributed by atoms with Crippen LogP contribution in [0.2, 0.25) is 0 Å². The highest BCUT2D eigenvalue weighted by atomic mass is 32.2. The second kappa shape index (κ2) is 6.45. The van der Waals surface area contributed by atoms with Crippen LogP contribution in [0.25, 0.3) is 0 Å². The lowest BCUT2D eigenvalue weighted by atomic mass is 10.0. The summed E-state index contributed by atoms with van der Waals surface area (Å²) < 4.78 is 22.8. The Morgan fingerprint density at radius 3 is 2.42 bits per heavy atom. The largest absolute Gasteiger partial charge is 0.382 e. The number of oxime groups is 1. The molecule has 1 atom stereocenters. The van der Waals surface area contributed by atoms with E-state index in [0.717, 1.165) is 17.5 Å². The maximum atomic E-state index is 12.2. The highest BCUT2D eigenvalue weighted by Crippen LogP contribution is 2.19. The van der Waals surface area contributed by atoms with Crippen LogP contribution in [0.5, 0.6) is 0 Å². The van der Waals surface area contributed by atoms with Gasteiger partial charge >= 0.3 is 0 Å². The molecule has 0 unspecified atom stereocenters. The molecule has 0 bridgehead atoms. The van der Waals surface area contributed by atoms with Crippen molar-refractivity contribution < 1.29 is 18.0 Å². The quantitative estimate of drug-likeness (QED) is 0.922. The molecular formula is C17H16N2O4S. The van der Waals surface area contributed by atoms with Crippen LogP contribution in [0.4, 0.5) is 5.69 Å². The molecule has 2 aromatic rings. The lowest BCUT2D eigenvalue weighted by Gasteiger charge is -2.10. The zero-order valence-electron chi connectivity index (χ0n) is 13.0. The average molecular weight is 344 g/mol. The third kappa shape index (κ3) is 3.62. The molecule has 0 aromatic heterocycles. The molecule has 24 heavy (non-hydrogen) atoms. The number of carbonyl (C=O) groups excluding carboxylic acids is 1. The molecule has 1 aliphatic heterocycles. The Morgan fingerprint density at radius 2 is 1.79 bits per heavy atom. The SMILES string of the molecule is CS(=O)(=O)c1ccc(NC(=O)[C@@H]2CC(c3ccccc3)=NO2)cc1. The fourth-order valence-electron chi connectivity index (χ4n) is 2.33. The molecule has 1 N–H and O–H groups in total. The Hall–Kier alpha value is -2.67. The molecule has 124 valence electrons. The average Bonchev–Trinajstić information content (AvgIpc) is 3.05. The van der Waals surface area contributed by atoms with E-state index in [0.29, 0.717) is 12.1 Å². The van der Waals surface area contributed by atoms with Crippen LogP contribution >= 0.6 is 0 Å². The van der Waals surface area contributed by atoms with Gasteiger partial charge in [0, 0.05) is 18.4 Å². The summed E-state index contributed by atoms with van der Waals surface area (Å²) in [4.78, 5) is 17.7. The molecule has 1 aliphatic rings. The molecular weight excluding hydrogens is 328 g/mol. The van der Waals surface area contributed by atoms with E-state index in [2.05, 4.69) is 10.5 Å². The van der Waals surface area contributed by atoms with Gasteiger partial charge in [-0.05, 0) is 29.8 Å². The van der Waals surface area contributed by atoms with Crippen molar-refractivity contribution in [2.45, 2.75) is 17.4 Å². The Bertz CT molecular complexity index is 875.